The molecule has 1 atom stereocenters. The van der Waals surface area contributed by atoms with Crippen LogP contribution in [0.5, 0.6) is 0 Å². The topological polar surface area (TPSA) is 93.0 Å². The van der Waals surface area contributed by atoms with Gasteiger partial charge >= 0.3 is 0 Å². The predicted octanol–water partition coefficient (Wildman–Crippen LogP) is 3.03. The van der Waals surface area contributed by atoms with E-state index in [-0.39, 0.29) is 24.3 Å². The molecule has 1 unspecified atom stereocenters. The fourth-order valence-corrected chi connectivity index (χ4v) is 4.41. The second kappa shape index (κ2) is 9.52. The van der Waals surface area contributed by atoms with Gasteiger partial charge in [-0.05, 0) is 63.4 Å². The van der Waals surface area contributed by atoms with Crippen LogP contribution in [0.2, 0.25) is 0 Å². The van der Waals surface area contributed by atoms with Crippen LogP contribution >= 0.6 is 0 Å². The molecule has 1 aliphatic heterocycles. The number of rotatable bonds is 5. The lowest BCUT2D eigenvalue weighted by Crippen LogP contribution is -2.41. The molecule has 0 aliphatic carbocycles. The van der Waals surface area contributed by atoms with Gasteiger partial charge in [-0.2, -0.15) is 5.10 Å². The molecular weight excluding hydrogens is 416 g/mol. The maximum Gasteiger partial charge on any atom is 0.269 e. The van der Waals surface area contributed by atoms with E-state index >= 15 is 0 Å². The maximum atomic E-state index is 13.0. The fraction of sp³-hybridized carbons (Fsp3) is 0.400. The van der Waals surface area contributed by atoms with Crippen LogP contribution in [0, 0.1) is 20.8 Å². The molecule has 0 saturated carbocycles. The Hall–Kier alpha value is -3.55. The van der Waals surface area contributed by atoms with Crippen molar-refractivity contribution in [1.82, 2.24) is 30.0 Å². The van der Waals surface area contributed by atoms with Crippen LogP contribution in [-0.2, 0) is 11.3 Å². The zero-order chi connectivity index (χ0) is 23.5. The van der Waals surface area contributed by atoms with Crippen molar-refractivity contribution in [2.24, 2.45) is 0 Å². The summed E-state index contributed by atoms with van der Waals surface area (Å²) in [7, 11) is 1.59. The molecule has 1 fully saturated rings. The second-order valence-corrected chi connectivity index (χ2v) is 8.70. The van der Waals surface area contributed by atoms with Gasteiger partial charge in [0.2, 0.25) is 5.91 Å². The lowest BCUT2D eigenvalue weighted by molar-refractivity contribution is -0.133. The largest absolute Gasteiger partial charge is 0.354 e. The van der Waals surface area contributed by atoms with E-state index in [1.54, 1.807) is 24.0 Å². The van der Waals surface area contributed by atoms with Crippen LogP contribution in [0.25, 0.3) is 11.1 Å². The summed E-state index contributed by atoms with van der Waals surface area (Å²) in [6, 6.07) is 9.73. The molecule has 0 radical (unpaired) electrons. The van der Waals surface area contributed by atoms with Crippen LogP contribution in [0.15, 0.2) is 36.5 Å². The minimum Gasteiger partial charge on any atom is -0.354 e. The van der Waals surface area contributed by atoms with E-state index in [1.165, 1.54) is 0 Å². The number of pyridine rings is 2. The monoisotopic (exact) mass is 446 g/mol. The Balaban J connectivity index is 1.51. The Labute approximate surface area is 194 Å². The molecule has 0 spiro atoms. The molecule has 4 heterocycles. The summed E-state index contributed by atoms with van der Waals surface area (Å²) in [6.07, 6.45) is 3.66. The van der Waals surface area contributed by atoms with Gasteiger partial charge in [-0.3, -0.25) is 24.2 Å². The lowest BCUT2D eigenvalue weighted by atomic mass is 9.92. The van der Waals surface area contributed by atoms with Crippen molar-refractivity contribution in [1.29, 1.82) is 0 Å². The average molecular weight is 447 g/mol. The Morgan fingerprint density at radius 1 is 1.09 bits per heavy atom. The van der Waals surface area contributed by atoms with Crippen molar-refractivity contribution >= 4 is 11.8 Å². The van der Waals surface area contributed by atoms with Crippen LogP contribution in [0.3, 0.4) is 0 Å². The van der Waals surface area contributed by atoms with Gasteiger partial charge in [0.1, 0.15) is 12.2 Å². The van der Waals surface area contributed by atoms with Gasteiger partial charge in [0, 0.05) is 54.9 Å². The molecule has 2 amide bonds. The summed E-state index contributed by atoms with van der Waals surface area (Å²) in [5.41, 5.74) is 6.16. The van der Waals surface area contributed by atoms with E-state index in [1.807, 2.05) is 43.9 Å². The van der Waals surface area contributed by atoms with Gasteiger partial charge < -0.3 is 10.2 Å². The van der Waals surface area contributed by atoms with Gasteiger partial charge in [0.05, 0.1) is 5.69 Å². The lowest BCUT2D eigenvalue weighted by Gasteiger charge is -2.33. The van der Waals surface area contributed by atoms with E-state index in [4.69, 9.17) is 4.98 Å². The summed E-state index contributed by atoms with van der Waals surface area (Å²) in [6.45, 7) is 7.57. The van der Waals surface area contributed by atoms with Crippen molar-refractivity contribution in [3.8, 4) is 11.1 Å². The molecule has 0 aromatic carbocycles. The molecular formula is C25H30N6O2. The number of piperidine rings is 1. The number of carbonyl (C=O) groups excluding carboxylic acids is 2. The van der Waals surface area contributed by atoms with Crippen LogP contribution < -0.4 is 5.32 Å². The highest BCUT2D eigenvalue weighted by Crippen LogP contribution is 2.29. The van der Waals surface area contributed by atoms with Gasteiger partial charge in [-0.1, -0.05) is 6.07 Å². The summed E-state index contributed by atoms with van der Waals surface area (Å²) in [4.78, 5) is 35.8. The Kier molecular flexibility index (Phi) is 6.53. The summed E-state index contributed by atoms with van der Waals surface area (Å²) in [5.74, 6) is 0.0632. The Morgan fingerprint density at radius 3 is 2.58 bits per heavy atom. The standard InChI is InChI=1S/C25H30N6O2/c1-16-11-21(19-7-8-22(27-13-19)25(33)26-4)12-23(28-16)20-6-5-9-30(14-20)24(32)15-31-18(3)10-17(2)29-31/h7-8,10-13,20H,5-6,9,14-15H2,1-4H3,(H,26,33). The summed E-state index contributed by atoms with van der Waals surface area (Å²) >= 11 is 0. The number of carbonyl (C=O) groups is 2. The number of hydrogen-bond donors (Lipinski definition) is 1. The molecule has 33 heavy (non-hydrogen) atoms. The highest BCUT2D eigenvalue weighted by molar-refractivity contribution is 5.92. The third-order valence-electron chi connectivity index (χ3n) is 6.11. The number of aryl methyl sites for hydroxylation is 3. The van der Waals surface area contributed by atoms with Gasteiger partial charge in [-0.15, -0.1) is 0 Å². The molecule has 4 rings (SSSR count). The summed E-state index contributed by atoms with van der Waals surface area (Å²) < 4.78 is 1.78. The van der Waals surface area contributed by atoms with Gasteiger partial charge in [-0.25, -0.2) is 0 Å². The van der Waals surface area contributed by atoms with Crippen molar-refractivity contribution in [3.63, 3.8) is 0 Å². The second-order valence-electron chi connectivity index (χ2n) is 8.70. The zero-order valence-electron chi connectivity index (χ0n) is 19.6. The number of amides is 2. The number of nitrogens with zero attached hydrogens (tertiary/aromatic N) is 5. The van der Waals surface area contributed by atoms with Crippen LogP contribution in [-0.4, -0.2) is 56.6 Å². The van der Waals surface area contributed by atoms with E-state index in [2.05, 4.69) is 21.5 Å². The molecule has 172 valence electrons. The molecule has 1 saturated heterocycles. The van der Waals surface area contributed by atoms with Gasteiger partial charge in [0.15, 0.2) is 0 Å². The SMILES string of the molecule is CNC(=O)c1ccc(-c2cc(C)nc(C3CCCN(C(=O)Cn4nc(C)cc4C)C3)c2)cn1. The number of nitrogens with one attached hydrogen (secondary N) is 1. The van der Waals surface area contributed by atoms with Crippen LogP contribution in [0.4, 0.5) is 0 Å². The van der Waals surface area contributed by atoms with Crippen molar-refractivity contribution in [2.45, 2.75) is 46.1 Å². The first-order valence-electron chi connectivity index (χ1n) is 11.3. The molecule has 3 aromatic heterocycles. The Morgan fingerprint density at radius 2 is 1.91 bits per heavy atom. The maximum absolute atomic E-state index is 13.0. The number of hydrogen-bond acceptors (Lipinski definition) is 5. The molecule has 8 nitrogen and oxygen atoms in total. The van der Waals surface area contributed by atoms with Gasteiger partial charge in [0.25, 0.3) is 5.91 Å². The minimum absolute atomic E-state index is 0.0905. The van der Waals surface area contributed by atoms with E-state index in [0.717, 1.165) is 53.3 Å². The predicted molar refractivity (Wildman–Crippen MR) is 126 cm³/mol. The van der Waals surface area contributed by atoms with Crippen molar-refractivity contribution in [2.75, 3.05) is 20.1 Å². The third-order valence-corrected chi connectivity index (χ3v) is 6.11. The first-order chi connectivity index (χ1) is 15.8. The van der Waals surface area contributed by atoms with Crippen molar-refractivity contribution in [3.05, 3.63) is 65.0 Å². The average Bonchev–Trinajstić information content (AvgIpc) is 3.14. The first kappa shape index (κ1) is 22.6. The zero-order valence-corrected chi connectivity index (χ0v) is 19.6. The van der Waals surface area contributed by atoms with Crippen LogP contribution in [0.1, 0.15) is 52.0 Å². The molecule has 1 aliphatic rings. The highest BCUT2D eigenvalue weighted by Gasteiger charge is 2.26. The molecule has 3 aromatic rings. The molecule has 8 heteroatoms. The Bertz CT molecular complexity index is 1170. The van der Waals surface area contributed by atoms with Crippen molar-refractivity contribution < 1.29 is 9.59 Å². The third kappa shape index (κ3) is 5.10. The van der Waals surface area contributed by atoms with E-state index in [0.29, 0.717) is 12.2 Å². The number of likely N-dealkylation sites (tertiary alicyclic amines) is 1. The smallest absolute Gasteiger partial charge is 0.269 e. The first-order valence-corrected chi connectivity index (χ1v) is 11.3. The van der Waals surface area contributed by atoms with E-state index in [9.17, 15) is 9.59 Å². The fourth-order valence-electron chi connectivity index (χ4n) is 4.41. The highest BCUT2D eigenvalue weighted by atomic mass is 16.2. The quantitative estimate of drug-likeness (QED) is 0.650. The normalized spacial score (nSPS) is 16.0. The molecule has 0 bridgehead atoms. The molecule has 1 N–H and O–H groups in total. The minimum atomic E-state index is -0.208. The van der Waals surface area contributed by atoms with E-state index < -0.39 is 0 Å². The summed E-state index contributed by atoms with van der Waals surface area (Å²) in [5, 5.41) is 7.01. The number of aromatic nitrogens is 4.